The number of Topliss-reactive ketones (excluding diaryl/α,β-unsaturated/α-hetero) is 1. The number of fused-ring (bicyclic) bond motifs is 1. The van der Waals surface area contributed by atoms with Crippen LogP contribution in [0.4, 0.5) is 10.1 Å². The van der Waals surface area contributed by atoms with Crippen molar-refractivity contribution < 1.29 is 27.1 Å². The number of amides is 1. The van der Waals surface area contributed by atoms with Crippen molar-refractivity contribution in [3.05, 3.63) is 23.8 Å². The average molecular weight is 576 g/mol. The van der Waals surface area contributed by atoms with Crippen LogP contribution in [0.25, 0.3) is 0 Å². The molecule has 0 aliphatic carbocycles. The first-order valence-corrected chi connectivity index (χ1v) is 15.1. The molecule has 0 radical (unpaired) electrons. The van der Waals surface area contributed by atoms with Gasteiger partial charge in [0.15, 0.2) is 0 Å². The van der Waals surface area contributed by atoms with Crippen LogP contribution in [0.15, 0.2) is 23.1 Å². The van der Waals surface area contributed by atoms with Crippen molar-refractivity contribution >= 4 is 43.3 Å². The van der Waals surface area contributed by atoms with E-state index in [1.165, 1.54) is 21.3 Å². The zero-order valence-corrected chi connectivity index (χ0v) is 22.8. The van der Waals surface area contributed by atoms with Gasteiger partial charge in [-0.2, -0.15) is 4.31 Å². The van der Waals surface area contributed by atoms with Crippen LogP contribution in [0.3, 0.4) is 0 Å². The van der Waals surface area contributed by atoms with Gasteiger partial charge in [0.2, 0.25) is 10.0 Å². The molecule has 0 bridgehead atoms. The van der Waals surface area contributed by atoms with E-state index in [1.807, 2.05) is 0 Å². The van der Waals surface area contributed by atoms with Crippen molar-refractivity contribution in [3.63, 3.8) is 0 Å². The number of alkyl halides is 2. The summed E-state index contributed by atoms with van der Waals surface area (Å²) in [4.78, 5) is 26.7. The highest BCUT2D eigenvalue weighted by molar-refractivity contribution is 9.09. The number of anilines is 1. The summed E-state index contributed by atoms with van der Waals surface area (Å²) < 4.78 is 46.2. The third-order valence-corrected chi connectivity index (χ3v) is 9.45. The molecule has 7 nitrogen and oxygen atoms in total. The first-order chi connectivity index (χ1) is 16.8. The van der Waals surface area contributed by atoms with Crippen LogP contribution < -0.4 is 4.90 Å². The van der Waals surface area contributed by atoms with E-state index in [2.05, 4.69) is 15.9 Å². The SMILES string of the molecule is COC[C@@H]1CCCN1S(=O)(=O)c1ccc2c(c1)C(=O)C(=O)N2CCCCCCCCCC(F)CBr. The van der Waals surface area contributed by atoms with Crippen molar-refractivity contribution in [2.45, 2.75) is 81.3 Å². The number of ketones is 1. The summed E-state index contributed by atoms with van der Waals surface area (Å²) in [6, 6.07) is 4.21. The first-order valence-electron chi connectivity index (χ1n) is 12.5. The number of hydrogen-bond donors (Lipinski definition) is 0. The molecule has 0 spiro atoms. The second kappa shape index (κ2) is 13.3. The number of carbonyl (C=O) groups is 2. The average Bonchev–Trinajstić information content (AvgIpc) is 3.41. The molecule has 35 heavy (non-hydrogen) atoms. The Balaban J connectivity index is 1.53. The van der Waals surface area contributed by atoms with Crippen molar-refractivity contribution in [2.24, 2.45) is 0 Å². The quantitative estimate of drug-likeness (QED) is 0.169. The molecule has 1 aromatic carbocycles. The number of ether oxygens (including phenoxy) is 1. The molecular formula is C25H36BrFN2O5S. The number of unbranched alkanes of at least 4 members (excludes halogenated alkanes) is 6. The van der Waals surface area contributed by atoms with E-state index in [-0.39, 0.29) is 16.5 Å². The van der Waals surface area contributed by atoms with E-state index in [0.29, 0.717) is 37.1 Å². The summed E-state index contributed by atoms with van der Waals surface area (Å²) >= 11 is 3.15. The zero-order chi connectivity index (χ0) is 25.4. The van der Waals surface area contributed by atoms with E-state index in [9.17, 15) is 22.4 Å². The fourth-order valence-corrected chi connectivity index (χ4v) is 6.91. The summed E-state index contributed by atoms with van der Waals surface area (Å²) in [5, 5.41) is 0.401. The molecule has 1 saturated heterocycles. The van der Waals surface area contributed by atoms with Gasteiger partial charge in [-0.3, -0.25) is 9.59 Å². The number of carbonyl (C=O) groups excluding carboxylic acids is 2. The Morgan fingerprint density at radius 3 is 2.49 bits per heavy atom. The Bertz CT molecular complexity index is 990. The summed E-state index contributed by atoms with van der Waals surface area (Å²) in [6.07, 6.45) is 8.12. The van der Waals surface area contributed by atoms with Gasteiger partial charge in [0, 0.05) is 31.6 Å². The van der Waals surface area contributed by atoms with Crippen LogP contribution in [-0.4, -0.2) is 68.8 Å². The van der Waals surface area contributed by atoms with Gasteiger partial charge in [0.25, 0.3) is 11.7 Å². The second-order valence-electron chi connectivity index (χ2n) is 9.35. The lowest BCUT2D eigenvalue weighted by molar-refractivity contribution is -0.114. The van der Waals surface area contributed by atoms with Crippen molar-refractivity contribution in [1.82, 2.24) is 4.31 Å². The van der Waals surface area contributed by atoms with Gasteiger partial charge in [-0.1, -0.05) is 54.5 Å². The maximum Gasteiger partial charge on any atom is 0.299 e. The van der Waals surface area contributed by atoms with Gasteiger partial charge >= 0.3 is 0 Å². The molecular weight excluding hydrogens is 539 g/mol. The van der Waals surface area contributed by atoms with Gasteiger partial charge in [0.1, 0.15) is 6.17 Å². The van der Waals surface area contributed by atoms with Gasteiger partial charge in [-0.05, 0) is 43.9 Å². The smallest absolute Gasteiger partial charge is 0.299 e. The van der Waals surface area contributed by atoms with Crippen LogP contribution in [0.5, 0.6) is 0 Å². The maximum atomic E-state index is 13.2. The van der Waals surface area contributed by atoms with Crippen molar-refractivity contribution in [3.8, 4) is 0 Å². The van der Waals surface area contributed by atoms with Gasteiger partial charge in [-0.15, -0.1) is 0 Å². The number of rotatable bonds is 15. The maximum absolute atomic E-state index is 13.2. The Morgan fingerprint density at radius 2 is 1.80 bits per heavy atom. The van der Waals surface area contributed by atoms with Gasteiger partial charge in [-0.25, -0.2) is 12.8 Å². The lowest BCUT2D eigenvalue weighted by atomic mass is 10.1. The van der Waals surface area contributed by atoms with Crippen LogP contribution >= 0.6 is 15.9 Å². The molecule has 2 aliphatic heterocycles. The van der Waals surface area contributed by atoms with Crippen LogP contribution in [-0.2, 0) is 19.6 Å². The zero-order valence-electron chi connectivity index (χ0n) is 20.4. The lowest BCUT2D eigenvalue weighted by Gasteiger charge is -2.24. The summed E-state index contributed by atoms with van der Waals surface area (Å²) in [6.45, 7) is 1.17. The monoisotopic (exact) mass is 574 g/mol. The molecule has 1 fully saturated rings. The normalized spacial score (nSPS) is 19.5. The third kappa shape index (κ3) is 6.90. The number of methoxy groups -OCH3 is 1. The minimum Gasteiger partial charge on any atom is -0.383 e. The molecule has 3 rings (SSSR count). The minimum atomic E-state index is -3.78. The predicted molar refractivity (Wildman–Crippen MR) is 138 cm³/mol. The summed E-state index contributed by atoms with van der Waals surface area (Å²) in [7, 11) is -2.23. The van der Waals surface area contributed by atoms with Gasteiger partial charge < -0.3 is 9.64 Å². The topological polar surface area (TPSA) is 84.0 Å². The fourth-order valence-electron chi connectivity index (χ4n) is 4.88. The number of halogens is 2. The molecule has 1 amide bonds. The first kappa shape index (κ1) is 28.2. The van der Waals surface area contributed by atoms with E-state index >= 15 is 0 Å². The van der Waals surface area contributed by atoms with Crippen molar-refractivity contribution in [1.29, 1.82) is 0 Å². The van der Waals surface area contributed by atoms with E-state index in [4.69, 9.17) is 4.74 Å². The molecule has 2 heterocycles. The molecule has 2 atom stereocenters. The number of nitrogens with zero attached hydrogens (tertiary/aromatic N) is 2. The molecule has 1 unspecified atom stereocenters. The number of hydrogen-bond acceptors (Lipinski definition) is 5. The molecule has 2 aliphatic rings. The van der Waals surface area contributed by atoms with E-state index in [1.54, 1.807) is 13.2 Å². The Morgan fingerprint density at radius 1 is 1.11 bits per heavy atom. The van der Waals surface area contributed by atoms with Gasteiger partial charge in [0.05, 0.1) is 22.8 Å². The lowest BCUT2D eigenvalue weighted by Crippen LogP contribution is -2.38. The molecule has 0 N–H and O–H groups in total. The Kier molecular flexibility index (Phi) is 10.7. The van der Waals surface area contributed by atoms with E-state index in [0.717, 1.165) is 57.8 Å². The van der Waals surface area contributed by atoms with Crippen LogP contribution in [0, 0.1) is 0 Å². The largest absolute Gasteiger partial charge is 0.383 e. The highest BCUT2D eigenvalue weighted by Crippen LogP contribution is 2.34. The molecule has 196 valence electrons. The summed E-state index contributed by atoms with van der Waals surface area (Å²) in [5.74, 6) is -1.25. The molecule has 0 aromatic heterocycles. The third-order valence-electron chi connectivity index (χ3n) is 6.80. The van der Waals surface area contributed by atoms with Crippen LogP contribution in [0.2, 0.25) is 0 Å². The standard InChI is InChI=1S/C25H36BrFN2O5S/c1-34-18-20-11-9-15-29(20)35(32,33)21-12-13-23-22(16-21)24(30)25(31)28(23)14-8-6-4-2-3-5-7-10-19(27)17-26/h12-13,16,19-20H,2-11,14-15,17-18H2,1H3/t19?,20-/m0/s1. The molecule has 10 heteroatoms. The van der Waals surface area contributed by atoms with E-state index < -0.39 is 27.9 Å². The summed E-state index contributed by atoms with van der Waals surface area (Å²) in [5.41, 5.74) is 0.648. The minimum absolute atomic E-state index is 0.0393. The highest BCUT2D eigenvalue weighted by atomic mass is 79.9. The highest BCUT2D eigenvalue weighted by Gasteiger charge is 2.39. The molecule has 0 saturated carbocycles. The number of benzene rings is 1. The van der Waals surface area contributed by atoms with Crippen LogP contribution in [0.1, 0.15) is 74.6 Å². The number of sulfonamides is 1. The fraction of sp³-hybridized carbons (Fsp3) is 0.680. The molecule has 1 aromatic rings. The predicted octanol–water partition coefficient (Wildman–Crippen LogP) is 4.87. The van der Waals surface area contributed by atoms with Crippen molar-refractivity contribution in [2.75, 3.05) is 37.0 Å². The second-order valence-corrected chi connectivity index (χ2v) is 11.9. The Hall–Kier alpha value is -1.36. The Labute approximate surface area is 216 Å².